The number of rotatable bonds is 7. The second-order valence-corrected chi connectivity index (χ2v) is 8.93. The van der Waals surface area contributed by atoms with Crippen LogP contribution in [-0.2, 0) is 16.1 Å². The van der Waals surface area contributed by atoms with Crippen LogP contribution in [0.25, 0.3) is 0 Å². The van der Waals surface area contributed by atoms with Gasteiger partial charge in [-0.05, 0) is 37.5 Å². The van der Waals surface area contributed by atoms with Gasteiger partial charge in [-0.2, -0.15) is 5.10 Å². The van der Waals surface area contributed by atoms with Crippen molar-refractivity contribution in [3.63, 3.8) is 0 Å². The lowest BCUT2D eigenvalue weighted by molar-refractivity contribution is -0.118. The van der Waals surface area contributed by atoms with E-state index < -0.39 is 5.66 Å². The second kappa shape index (κ2) is 8.78. The van der Waals surface area contributed by atoms with Gasteiger partial charge in [-0.25, -0.2) is 4.68 Å². The summed E-state index contributed by atoms with van der Waals surface area (Å²) in [5, 5.41) is 7.25. The molecule has 1 atom stereocenters. The van der Waals surface area contributed by atoms with Crippen molar-refractivity contribution in [1.29, 1.82) is 0 Å². The first-order chi connectivity index (χ1) is 16.5. The Hall–Kier alpha value is -3.94. The molecule has 1 saturated heterocycles. The van der Waals surface area contributed by atoms with Crippen molar-refractivity contribution in [1.82, 2.24) is 14.7 Å². The Morgan fingerprint density at radius 3 is 2.65 bits per heavy atom. The number of carbonyl (C=O) groups is 3. The first-order valence-electron chi connectivity index (χ1n) is 11.6. The van der Waals surface area contributed by atoms with Crippen molar-refractivity contribution in [2.45, 2.75) is 44.8 Å². The molecule has 174 valence electrons. The number of nitrogens with one attached hydrogen (secondary N) is 1. The van der Waals surface area contributed by atoms with E-state index in [1.807, 2.05) is 55.5 Å². The van der Waals surface area contributed by atoms with Crippen LogP contribution in [-0.4, -0.2) is 44.6 Å². The van der Waals surface area contributed by atoms with Crippen molar-refractivity contribution in [2.75, 3.05) is 16.8 Å². The number of hydrogen-bond donors (Lipinski definition) is 1. The second-order valence-electron chi connectivity index (χ2n) is 8.93. The van der Waals surface area contributed by atoms with Crippen LogP contribution in [0.3, 0.4) is 0 Å². The predicted octanol–water partition coefficient (Wildman–Crippen LogP) is 3.65. The van der Waals surface area contributed by atoms with E-state index in [2.05, 4.69) is 10.4 Å². The molecule has 3 aromatic rings. The summed E-state index contributed by atoms with van der Waals surface area (Å²) >= 11 is 0. The molecule has 0 radical (unpaired) electrons. The van der Waals surface area contributed by atoms with Gasteiger partial charge < -0.3 is 10.2 Å². The summed E-state index contributed by atoms with van der Waals surface area (Å²) in [5.41, 5.74) is 1.60. The molecule has 3 amide bonds. The van der Waals surface area contributed by atoms with Gasteiger partial charge >= 0.3 is 0 Å². The molecule has 3 heterocycles. The number of aromatic nitrogens is 2. The van der Waals surface area contributed by atoms with E-state index in [4.69, 9.17) is 0 Å². The summed E-state index contributed by atoms with van der Waals surface area (Å²) in [6.45, 7) is 2.89. The Morgan fingerprint density at radius 2 is 1.82 bits per heavy atom. The highest BCUT2D eigenvalue weighted by Crippen LogP contribution is 2.44. The van der Waals surface area contributed by atoms with Gasteiger partial charge in [0.15, 0.2) is 0 Å². The van der Waals surface area contributed by atoms with Crippen LogP contribution < -0.4 is 10.2 Å². The van der Waals surface area contributed by atoms with Gasteiger partial charge in [0.25, 0.3) is 5.91 Å². The SMILES string of the molecule is CC12CCC(=O)N1c1ccccc1C(=O)N2CCCC(=O)Nc1ccnn1Cc1ccccc1. The molecule has 0 spiro atoms. The molecule has 8 heteroatoms. The van der Waals surface area contributed by atoms with E-state index in [1.54, 1.807) is 32.8 Å². The minimum absolute atomic E-state index is 0.0249. The van der Waals surface area contributed by atoms with Crippen molar-refractivity contribution >= 4 is 29.2 Å². The van der Waals surface area contributed by atoms with Crippen molar-refractivity contribution in [3.8, 4) is 0 Å². The highest BCUT2D eigenvalue weighted by Gasteiger charge is 2.52. The molecule has 1 aromatic heterocycles. The molecule has 2 aliphatic rings. The average molecular weight is 458 g/mol. The smallest absolute Gasteiger partial charge is 0.257 e. The standard InChI is InChI=1S/C26H27N5O3/c1-26-15-13-24(33)31(26)21-11-6-5-10-20(21)25(34)29(26)17-7-12-23(32)28-22-14-16-27-30(22)18-19-8-3-2-4-9-19/h2-6,8-11,14,16H,7,12-13,15,17-18H2,1H3,(H,28,32). The Labute approximate surface area is 198 Å². The van der Waals surface area contributed by atoms with E-state index in [0.29, 0.717) is 49.4 Å². The average Bonchev–Trinajstić information content (AvgIpc) is 3.40. The zero-order chi connectivity index (χ0) is 23.7. The van der Waals surface area contributed by atoms with Crippen LogP contribution in [0.15, 0.2) is 66.9 Å². The van der Waals surface area contributed by atoms with E-state index in [-0.39, 0.29) is 24.1 Å². The number of nitrogens with zero attached hydrogens (tertiary/aromatic N) is 4. The van der Waals surface area contributed by atoms with Gasteiger partial charge in [0.2, 0.25) is 11.8 Å². The van der Waals surface area contributed by atoms with Crippen LogP contribution in [0.2, 0.25) is 0 Å². The number of amides is 3. The molecule has 1 N–H and O–H groups in total. The number of benzene rings is 2. The Bertz CT molecular complexity index is 1240. The van der Waals surface area contributed by atoms with Crippen molar-refractivity contribution in [2.24, 2.45) is 0 Å². The maximum atomic E-state index is 13.3. The summed E-state index contributed by atoms with van der Waals surface area (Å²) in [6, 6.07) is 18.9. The van der Waals surface area contributed by atoms with Gasteiger partial charge in [-0.1, -0.05) is 42.5 Å². The largest absolute Gasteiger partial charge is 0.315 e. The van der Waals surface area contributed by atoms with E-state index >= 15 is 0 Å². The molecule has 8 nitrogen and oxygen atoms in total. The summed E-state index contributed by atoms with van der Waals surface area (Å²) in [7, 11) is 0. The quantitative estimate of drug-likeness (QED) is 0.587. The van der Waals surface area contributed by atoms with Gasteiger partial charge in [-0.15, -0.1) is 0 Å². The van der Waals surface area contributed by atoms with Gasteiger partial charge in [0.05, 0.1) is 24.0 Å². The molecule has 5 rings (SSSR count). The monoisotopic (exact) mass is 457 g/mol. The molecule has 2 aromatic carbocycles. The third-order valence-corrected chi connectivity index (χ3v) is 6.69. The highest BCUT2D eigenvalue weighted by atomic mass is 16.2. The lowest BCUT2D eigenvalue weighted by atomic mass is 9.98. The Balaban J connectivity index is 1.23. The molecule has 34 heavy (non-hydrogen) atoms. The zero-order valence-electron chi connectivity index (χ0n) is 19.1. The molecular weight excluding hydrogens is 430 g/mol. The fraction of sp³-hybridized carbons (Fsp3) is 0.308. The van der Waals surface area contributed by atoms with Crippen LogP contribution >= 0.6 is 0 Å². The molecular formula is C26H27N5O3. The minimum Gasteiger partial charge on any atom is -0.315 e. The topological polar surface area (TPSA) is 87.5 Å². The third-order valence-electron chi connectivity index (χ3n) is 6.69. The lowest BCUT2D eigenvalue weighted by Gasteiger charge is -2.48. The number of fused-ring (bicyclic) bond motifs is 3. The van der Waals surface area contributed by atoms with E-state index in [0.717, 1.165) is 5.56 Å². The van der Waals surface area contributed by atoms with E-state index in [9.17, 15) is 14.4 Å². The first kappa shape index (κ1) is 21.9. The number of hydrogen-bond acceptors (Lipinski definition) is 4. The highest BCUT2D eigenvalue weighted by molar-refractivity contribution is 6.10. The number of carbonyl (C=O) groups excluding carboxylic acids is 3. The summed E-state index contributed by atoms with van der Waals surface area (Å²) in [4.78, 5) is 42.2. The number of anilines is 2. The van der Waals surface area contributed by atoms with Crippen molar-refractivity contribution in [3.05, 3.63) is 78.0 Å². The van der Waals surface area contributed by atoms with Gasteiger partial charge in [0.1, 0.15) is 11.5 Å². The van der Waals surface area contributed by atoms with Crippen LogP contribution in [0, 0.1) is 0 Å². The fourth-order valence-corrected chi connectivity index (χ4v) is 4.97. The Kier molecular flexibility index (Phi) is 5.65. The third kappa shape index (κ3) is 3.85. The van der Waals surface area contributed by atoms with Gasteiger partial charge in [-0.3, -0.25) is 19.3 Å². The van der Waals surface area contributed by atoms with Crippen LogP contribution in [0.4, 0.5) is 11.5 Å². The normalized spacial score (nSPS) is 19.2. The molecule has 1 unspecified atom stereocenters. The predicted molar refractivity (Wildman–Crippen MR) is 128 cm³/mol. The molecule has 0 bridgehead atoms. The maximum absolute atomic E-state index is 13.3. The van der Waals surface area contributed by atoms with Crippen molar-refractivity contribution < 1.29 is 14.4 Å². The fourth-order valence-electron chi connectivity index (χ4n) is 4.97. The molecule has 2 aliphatic heterocycles. The van der Waals surface area contributed by atoms with Crippen LogP contribution in [0.5, 0.6) is 0 Å². The maximum Gasteiger partial charge on any atom is 0.257 e. The molecule has 0 saturated carbocycles. The zero-order valence-corrected chi connectivity index (χ0v) is 19.1. The summed E-state index contributed by atoms with van der Waals surface area (Å²) in [5.74, 6) is 0.433. The minimum atomic E-state index is -0.701. The summed E-state index contributed by atoms with van der Waals surface area (Å²) in [6.07, 6.45) is 3.39. The molecule has 1 fully saturated rings. The number of para-hydroxylation sites is 1. The Morgan fingerprint density at radius 1 is 1.06 bits per heavy atom. The van der Waals surface area contributed by atoms with Crippen LogP contribution in [0.1, 0.15) is 48.5 Å². The lowest BCUT2D eigenvalue weighted by Crippen LogP contribution is -2.62. The van der Waals surface area contributed by atoms with Gasteiger partial charge in [0, 0.05) is 25.5 Å². The summed E-state index contributed by atoms with van der Waals surface area (Å²) < 4.78 is 1.75. The first-order valence-corrected chi connectivity index (χ1v) is 11.6. The van der Waals surface area contributed by atoms with E-state index in [1.165, 1.54) is 0 Å². The molecule has 0 aliphatic carbocycles.